The fourth-order valence-electron chi connectivity index (χ4n) is 3.19. The van der Waals surface area contributed by atoms with Gasteiger partial charge in [-0.15, -0.1) is 0 Å². The molecule has 0 aliphatic heterocycles. The van der Waals surface area contributed by atoms with Crippen molar-refractivity contribution in [1.82, 2.24) is 19.7 Å². The van der Waals surface area contributed by atoms with Gasteiger partial charge in [-0.2, -0.15) is 5.10 Å². The molecular formula is C23H21N5O2. The Hall–Kier alpha value is -3.87. The van der Waals surface area contributed by atoms with Gasteiger partial charge in [0.2, 0.25) is 0 Å². The fraction of sp³-hybridized carbons (Fsp3) is 0.174. The number of nitrogens with one attached hydrogen (secondary N) is 1. The molecule has 0 saturated carbocycles. The molecule has 0 fully saturated rings. The van der Waals surface area contributed by atoms with Crippen LogP contribution in [0.3, 0.4) is 0 Å². The number of carbonyl (C=O) groups is 1. The van der Waals surface area contributed by atoms with E-state index in [1.807, 2.05) is 44.2 Å². The van der Waals surface area contributed by atoms with Gasteiger partial charge >= 0.3 is 0 Å². The number of rotatable bonds is 5. The molecular weight excluding hydrogens is 378 g/mol. The Morgan fingerprint density at radius 3 is 2.27 bits per heavy atom. The zero-order valence-electron chi connectivity index (χ0n) is 16.7. The van der Waals surface area contributed by atoms with E-state index in [0.29, 0.717) is 28.8 Å². The molecule has 2 aromatic heterocycles. The first kappa shape index (κ1) is 19.4. The molecule has 0 spiro atoms. The maximum atomic E-state index is 13.0. The van der Waals surface area contributed by atoms with Crippen molar-refractivity contribution in [3.05, 3.63) is 83.0 Å². The Labute approximate surface area is 173 Å². The first-order chi connectivity index (χ1) is 14.5. The van der Waals surface area contributed by atoms with Crippen LogP contribution in [0.25, 0.3) is 22.2 Å². The van der Waals surface area contributed by atoms with E-state index in [0.717, 1.165) is 5.56 Å². The lowest BCUT2D eigenvalue weighted by Gasteiger charge is -2.12. The summed E-state index contributed by atoms with van der Waals surface area (Å²) in [5, 5.41) is 8.12. The molecule has 4 rings (SSSR count). The molecule has 1 N–H and O–H groups in total. The summed E-state index contributed by atoms with van der Waals surface area (Å²) in [7, 11) is 0. The maximum Gasteiger partial charge on any atom is 0.276 e. The summed E-state index contributed by atoms with van der Waals surface area (Å²) in [4.78, 5) is 34.4. The van der Waals surface area contributed by atoms with E-state index >= 15 is 0 Å². The summed E-state index contributed by atoms with van der Waals surface area (Å²) < 4.78 is 1.36. The van der Waals surface area contributed by atoms with Crippen LogP contribution in [0.5, 0.6) is 0 Å². The third-order valence-corrected chi connectivity index (χ3v) is 4.56. The summed E-state index contributed by atoms with van der Waals surface area (Å²) in [5.41, 5.74) is 1.33. The topological polar surface area (TPSA) is 89.8 Å². The first-order valence-electron chi connectivity index (χ1n) is 9.71. The predicted octanol–water partition coefficient (Wildman–Crippen LogP) is 3.76. The number of nitrogens with zero attached hydrogens (tertiary/aromatic N) is 4. The molecule has 2 aromatic carbocycles. The van der Waals surface area contributed by atoms with Gasteiger partial charge in [0, 0.05) is 17.5 Å². The third-order valence-electron chi connectivity index (χ3n) is 4.56. The Morgan fingerprint density at radius 1 is 0.967 bits per heavy atom. The second kappa shape index (κ2) is 8.24. The molecule has 150 valence electrons. The van der Waals surface area contributed by atoms with Crippen molar-refractivity contribution >= 4 is 22.4 Å². The minimum Gasteiger partial charge on any atom is -0.318 e. The average Bonchev–Trinajstić information content (AvgIpc) is 2.76. The van der Waals surface area contributed by atoms with Gasteiger partial charge in [-0.25, -0.2) is 14.6 Å². The van der Waals surface area contributed by atoms with Crippen molar-refractivity contribution < 1.29 is 4.79 Å². The van der Waals surface area contributed by atoms with Gasteiger partial charge in [0.15, 0.2) is 11.5 Å². The third kappa shape index (κ3) is 3.96. The van der Waals surface area contributed by atoms with E-state index in [-0.39, 0.29) is 17.2 Å². The Kier molecular flexibility index (Phi) is 5.34. The zero-order chi connectivity index (χ0) is 21.1. The SMILES string of the molecule is CC(C)Cn1nc(C(=O)Nc2cnc(-c3ccccc3)nc2)c2ccccc2c1=O. The molecule has 0 unspecified atom stereocenters. The number of anilines is 1. The van der Waals surface area contributed by atoms with E-state index < -0.39 is 5.91 Å². The second-order valence-electron chi connectivity index (χ2n) is 7.39. The average molecular weight is 399 g/mol. The smallest absolute Gasteiger partial charge is 0.276 e. The lowest BCUT2D eigenvalue weighted by Crippen LogP contribution is -2.29. The van der Waals surface area contributed by atoms with Crippen molar-refractivity contribution in [3.8, 4) is 11.4 Å². The second-order valence-corrected chi connectivity index (χ2v) is 7.39. The Morgan fingerprint density at radius 2 is 1.60 bits per heavy atom. The monoisotopic (exact) mass is 399 g/mol. The van der Waals surface area contributed by atoms with Crippen molar-refractivity contribution in [2.24, 2.45) is 5.92 Å². The van der Waals surface area contributed by atoms with E-state index in [9.17, 15) is 9.59 Å². The molecule has 0 radical (unpaired) electrons. The van der Waals surface area contributed by atoms with E-state index in [1.165, 1.54) is 4.68 Å². The quantitative estimate of drug-likeness (QED) is 0.552. The molecule has 1 amide bonds. The van der Waals surface area contributed by atoms with Gasteiger partial charge in [0.1, 0.15) is 0 Å². The van der Waals surface area contributed by atoms with Crippen molar-refractivity contribution in [3.63, 3.8) is 0 Å². The highest BCUT2D eigenvalue weighted by atomic mass is 16.2. The summed E-state index contributed by atoms with van der Waals surface area (Å²) in [6.07, 6.45) is 3.11. The van der Waals surface area contributed by atoms with Crippen LogP contribution < -0.4 is 10.9 Å². The predicted molar refractivity (Wildman–Crippen MR) is 116 cm³/mol. The number of hydrogen-bond donors (Lipinski definition) is 1. The highest BCUT2D eigenvalue weighted by molar-refractivity contribution is 6.11. The number of fused-ring (bicyclic) bond motifs is 1. The molecule has 0 bridgehead atoms. The maximum absolute atomic E-state index is 13.0. The van der Waals surface area contributed by atoms with E-state index in [1.54, 1.807) is 36.7 Å². The van der Waals surface area contributed by atoms with Gasteiger partial charge in [-0.3, -0.25) is 9.59 Å². The molecule has 0 aliphatic rings. The zero-order valence-corrected chi connectivity index (χ0v) is 16.7. The number of hydrogen-bond acceptors (Lipinski definition) is 5. The van der Waals surface area contributed by atoms with Crippen molar-refractivity contribution in [2.45, 2.75) is 20.4 Å². The van der Waals surface area contributed by atoms with E-state index in [4.69, 9.17) is 0 Å². The van der Waals surface area contributed by atoms with Crippen LogP contribution in [0.15, 0.2) is 71.8 Å². The lowest BCUT2D eigenvalue weighted by molar-refractivity contribution is 0.102. The van der Waals surface area contributed by atoms with Crippen LogP contribution >= 0.6 is 0 Å². The molecule has 4 aromatic rings. The molecule has 30 heavy (non-hydrogen) atoms. The molecule has 2 heterocycles. The summed E-state index contributed by atoms with van der Waals surface area (Å²) >= 11 is 0. The lowest BCUT2D eigenvalue weighted by atomic mass is 10.1. The molecule has 0 aliphatic carbocycles. The molecule has 0 saturated heterocycles. The molecule has 0 atom stereocenters. The number of benzene rings is 2. The number of carbonyl (C=O) groups excluding carboxylic acids is 1. The van der Waals surface area contributed by atoms with Gasteiger partial charge in [0.05, 0.1) is 23.5 Å². The normalized spacial score (nSPS) is 11.0. The standard InChI is InChI=1S/C23H21N5O2/c1-15(2)14-28-23(30)19-11-7-6-10-18(19)20(27-28)22(29)26-17-12-24-21(25-13-17)16-8-4-3-5-9-16/h3-13,15H,14H2,1-2H3,(H,26,29). The van der Waals surface area contributed by atoms with Crippen LogP contribution in [0.2, 0.25) is 0 Å². The Balaban J connectivity index is 1.66. The van der Waals surface area contributed by atoms with Crippen LogP contribution in [0, 0.1) is 5.92 Å². The van der Waals surface area contributed by atoms with Gasteiger partial charge in [-0.05, 0) is 12.0 Å². The Bertz CT molecular complexity index is 1250. The molecule has 7 nitrogen and oxygen atoms in total. The minimum absolute atomic E-state index is 0.193. The number of amides is 1. The minimum atomic E-state index is -0.417. The summed E-state index contributed by atoms with van der Waals surface area (Å²) in [5.74, 6) is 0.369. The molecule has 7 heteroatoms. The largest absolute Gasteiger partial charge is 0.318 e. The number of aromatic nitrogens is 4. The highest BCUT2D eigenvalue weighted by Crippen LogP contribution is 2.17. The summed E-state index contributed by atoms with van der Waals surface area (Å²) in [6, 6.07) is 16.6. The van der Waals surface area contributed by atoms with Gasteiger partial charge < -0.3 is 5.32 Å². The van der Waals surface area contributed by atoms with Crippen LogP contribution in [-0.4, -0.2) is 25.7 Å². The van der Waals surface area contributed by atoms with Crippen molar-refractivity contribution in [2.75, 3.05) is 5.32 Å². The van der Waals surface area contributed by atoms with Crippen LogP contribution in [-0.2, 0) is 6.54 Å². The highest BCUT2D eigenvalue weighted by Gasteiger charge is 2.17. The van der Waals surface area contributed by atoms with Gasteiger partial charge in [0.25, 0.3) is 11.5 Å². The van der Waals surface area contributed by atoms with E-state index in [2.05, 4.69) is 20.4 Å². The fourth-order valence-corrected chi connectivity index (χ4v) is 3.19. The van der Waals surface area contributed by atoms with Crippen LogP contribution in [0.1, 0.15) is 24.3 Å². The van der Waals surface area contributed by atoms with Gasteiger partial charge in [-0.1, -0.05) is 62.4 Å². The first-order valence-corrected chi connectivity index (χ1v) is 9.71. The van der Waals surface area contributed by atoms with Crippen molar-refractivity contribution in [1.29, 1.82) is 0 Å². The summed E-state index contributed by atoms with van der Waals surface area (Å²) in [6.45, 7) is 4.42. The van der Waals surface area contributed by atoms with Crippen LogP contribution in [0.4, 0.5) is 5.69 Å².